The lowest BCUT2D eigenvalue weighted by molar-refractivity contribution is -0.142. The molecule has 0 saturated heterocycles. The van der Waals surface area contributed by atoms with E-state index in [0.717, 1.165) is 0 Å². The minimum absolute atomic E-state index is 0.0140. The summed E-state index contributed by atoms with van der Waals surface area (Å²) in [7, 11) is 0. The van der Waals surface area contributed by atoms with Crippen molar-refractivity contribution in [3.05, 3.63) is 20.8 Å². The molecule has 0 unspecified atom stereocenters. The number of rotatable bonds is 3. The van der Waals surface area contributed by atoms with E-state index < -0.39 is 17.2 Å². The largest absolute Gasteiger partial charge is 0.481 e. The molecule has 1 aliphatic carbocycles. The topological polar surface area (TPSA) is 128 Å². The summed E-state index contributed by atoms with van der Waals surface area (Å²) in [6, 6.07) is 0.0140. The summed E-state index contributed by atoms with van der Waals surface area (Å²) in [5.41, 5.74) is -1.22. The van der Waals surface area contributed by atoms with Gasteiger partial charge in [-0.05, 0) is 25.7 Å². The average molecular weight is 254 g/mol. The van der Waals surface area contributed by atoms with Crippen molar-refractivity contribution in [2.45, 2.75) is 31.7 Å². The Kier molecular flexibility index (Phi) is 3.45. The van der Waals surface area contributed by atoms with Crippen LogP contribution in [0.4, 0.5) is 5.82 Å². The first kappa shape index (κ1) is 12.3. The molecule has 1 aromatic rings. The fourth-order valence-electron chi connectivity index (χ4n) is 2.12. The molecule has 2 rings (SSSR count). The molecule has 18 heavy (non-hydrogen) atoms. The number of aromatic nitrogens is 3. The smallest absolute Gasteiger partial charge is 0.342 e. The van der Waals surface area contributed by atoms with E-state index in [1.54, 1.807) is 0 Å². The first-order valence-electron chi connectivity index (χ1n) is 5.74. The van der Waals surface area contributed by atoms with Crippen molar-refractivity contribution in [2.75, 3.05) is 5.32 Å². The highest BCUT2D eigenvalue weighted by molar-refractivity contribution is 5.70. The van der Waals surface area contributed by atoms with Crippen LogP contribution in [0.5, 0.6) is 0 Å². The number of carboxylic acid groups (broad SMARTS) is 1. The Balaban J connectivity index is 1.97. The Labute approximate surface area is 101 Å². The predicted molar refractivity (Wildman–Crippen MR) is 62.5 cm³/mol. The molecule has 0 spiro atoms. The number of anilines is 1. The quantitative estimate of drug-likeness (QED) is 0.576. The number of hydrogen-bond donors (Lipinski definition) is 4. The Hall–Kier alpha value is -2.12. The summed E-state index contributed by atoms with van der Waals surface area (Å²) in [6.07, 6.45) is 2.48. The molecule has 1 aliphatic rings. The lowest BCUT2D eigenvalue weighted by Crippen LogP contribution is -2.34. The molecule has 0 amide bonds. The predicted octanol–water partition coefficient (Wildman–Crippen LogP) is -0.487. The van der Waals surface area contributed by atoms with Crippen molar-refractivity contribution in [1.82, 2.24) is 15.2 Å². The zero-order valence-electron chi connectivity index (χ0n) is 9.60. The molecule has 1 heterocycles. The van der Waals surface area contributed by atoms with Gasteiger partial charge in [0.1, 0.15) is 0 Å². The van der Waals surface area contributed by atoms with Gasteiger partial charge in [0.2, 0.25) is 5.82 Å². The minimum Gasteiger partial charge on any atom is -0.481 e. The molecular formula is C10H14N4O4. The van der Waals surface area contributed by atoms with Crippen LogP contribution in [0, 0.1) is 5.92 Å². The van der Waals surface area contributed by atoms with Crippen LogP contribution in [-0.2, 0) is 4.79 Å². The summed E-state index contributed by atoms with van der Waals surface area (Å²) in [5.74, 6) is -1.01. The van der Waals surface area contributed by atoms with Crippen LogP contribution in [0.1, 0.15) is 25.7 Å². The standard InChI is InChI=1S/C10H14N4O4/c15-8-7(13-14-10(18)12-8)11-6-3-1-5(2-4-6)9(16)17/h5-6H,1-4H2,(H,11,13)(H,16,17)(H2,12,14,15,18). The maximum atomic E-state index is 11.4. The van der Waals surface area contributed by atoms with Gasteiger partial charge in [0.05, 0.1) is 5.92 Å². The maximum Gasteiger partial charge on any atom is 0.342 e. The molecule has 8 heteroatoms. The number of aromatic amines is 2. The fourth-order valence-corrected chi connectivity index (χ4v) is 2.12. The van der Waals surface area contributed by atoms with E-state index in [1.807, 2.05) is 0 Å². The van der Waals surface area contributed by atoms with E-state index in [9.17, 15) is 14.4 Å². The summed E-state index contributed by atoms with van der Waals surface area (Å²) in [5, 5.41) is 17.5. The molecule has 0 aliphatic heterocycles. The molecule has 0 atom stereocenters. The Morgan fingerprint density at radius 2 is 1.94 bits per heavy atom. The molecule has 0 radical (unpaired) electrons. The van der Waals surface area contributed by atoms with Crippen molar-refractivity contribution in [3.63, 3.8) is 0 Å². The van der Waals surface area contributed by atoms with Crippen LogP contribution in [-0.4, -0.2) is 32.3 Å². The molecule has 0 bridgehead atoms. The number of hydrogen-bond acceptors (Lipinski definition) is 5. The van der Waals surface area contributed by atoms with E-state index in [-0.39, 0.29) is 17.8 Å². The molecule has 1 aromatic heterocycles. The Bertz CT molecular complexity index is 541. The van der Waals surface area contributed by atoms with Crippen LogP contribution in [0.25, 0.3) is 0 Å². The van der Waals surface area contributed by atoms with Gasteiger partial charge >= 0.3 is 11.7 Å². The fraction of sp³-hybridized carbons (Fsp3) is 0.600. The lowest BCUT2D eigenvalue weighted by Gasteiger charge is -2.26. The normalized spacial score (nSPS) is 23.6. The molecule has 4 N–H and O–H groups in total. The lowest BCUT2D eigenvalue weighted by atomic mass is 9.86. The van der Waals surface area contributed by atoms with Gasteiger partial charge in [0.15, 0.2) is 0 Å². The van der Waals surface area contributed by atoms with Gasteiger partial charge in [-0.1, -0.05) is 0 Å². The van der Waals surface area contributed by atoms with Gasteiger partial charge in [-0.25, -0.2) is 9.89 Å². The molecule has 0 aromatic carbocycles. The third kappa shape index (κ3) is 2.76. The van der Waals surface area contributed by atoms with Gasteiger partial charge in [0, 0.05) is 6.04 Å². The summed E-state index contributed by atoms with van der Waals surface area (Å²) in [6.45, 7) is 0. The second-order valence-electron chi connectivity index (χ2n) is 4.39. The molecular weight excluding hydrogens is 240 g/mol. The van der Waals surface area contributed by atoms with Crippen LogP contribution in [0.15, 0.2) is 9.59 Å². The number of carboxylic acids is 1. The zero-order chi connectivity index (χ0) is 13.1. The van der Waals surface area contributed by atoms with Crippen LogP contribution in [0.3, 0.4) is 0 Å². The Morgan fingerprint density at radius 3 is 2.50 bits per heavy atom. The first-order valence-corrected chi connectivity index (χ1v) is 5.74. The van der Waals surface area contributed by atoms with Gasteiger partial charge in [-0.2, -0.15) is 0 Å². The number of nitrogens with one attached hydrogen (secondary N) is 3. The van der Waals surface area contributed by atoms with E-state index in [2.05, 4.69) is 20.5 Å². The van der Waals surface area contributed by atoms with Gasteiger partial charge in [0.25, 0.3) is 5.56 Å². The number of aliphatic carboxylic acids is 1. The number of nitrogens with zero attached hydrogens (tertiary/aromatic N) is 1. The first-order chi connectivity index (χ1) is 8.56. The van der Waals surface area contributed by atoms with Gasteiger partial charge < -0.3 is 10.4 Å². The third-order valence-corrected chi connectivity index (χ3v) is 3.13. The van der Waals surface area contributed by atoms with Crippen LogP contribution >= 0.6 is 0 Å². The van der Waals surface area contributed by atoms with Crippen molar-refractivity contribution >= 4 is 11.8 Å². The SMILES string of the molecule is O=C(O)C1CCC(Nc2n[nH]c(=O)[nH]c2=O)CC1. The highest BCUT2D eigenvalue weighted by Crippen LogP contribution is 2.25. The van der Waals surface area contributed by atoms with E-state index in [1.165, 1.54) is 0 Å². The molecule has 8 nitrogen and oxygen atoms in total. The van der Waals surface area contributed by atoms with E-state index in [4.69, 9.17) is 5.11 Å². The second-order valence-corrected chi connectivity index (χ2v) is 4.39. The van der Waals surface area contributed by atoms with Crippen molar-refractivity contribution in [2.24, 2.45) is 5.92 Å². The monoisotopic (exact) mass is 254 g/mol. The molecule has 1 fully saturated rings. The van der Waals surface area contributed by atoms with Crippen molar-refractivity contribution < 1.29 is 9.90 Å². The van der Waals surface area contributed by atoms with Crippen molar-refractivity contribution in [3.8, 4) is 0 Å². The zero-order valence-corrected chi connectivity index (χ0v) is 9.60. The summed E-state index contributed by atoms with van der Waals surface area (Å²) >= 11 is 0. The van der Waals surface area contributed by atoms with Gasteiger partial charge in [-0.3, -0.25) is 14.6 Å². The highest BCUT2D eigenvalue weighted by atomic mass is 16.4. The van der Waals surface area contributed by atoms with Crippen molar-refractivity contribution in [1.29, 1.82) is 0 Å². The second kappa shape index (κ2) is 5.03. The summed E-state index contributed by atoms with van der Waals surface area (Å²) < 4.78 is 0. The minimum atomic E-state index is -0.770. The van der Waals surface area contributed by atoms with E-state index in [0.29, 0.717) is 25.7 Å². The van der Waals surface area contributed by atoms with Crippen LogP contribution in [0.2, 0.25) is 0 Å². The number of H-pyrrole nitrogens is 2. The molecule has 1 saturated carbocycles. The Morgan fingerprint density at radius 1 is 1.28 bits per heavy atom. The third-order valence-electron chi connectivity index (χ3n) is 3.13. The van der Waals surface area contributed by atoms with E-state index >= 15 is 0 Å². The average Bonchev–Trinajstić information content (AvgIpc) is 2.33. The summed E-state index contributed by atoms with van der Waals surface area (Å²) in [4.78, 5) is 35.0. The highest BCUT2D eigenvalue weighted by Gasteiger charge is 2.26. The van der Waals surface area contributed by atoms with Gasteiger partial charge in [-0.15, -0.1) is 5.10 Å². The molecule has 98 valence electrons. The maximum absolute atomic E-state index is 11.4. The number of carbonyl (C=O) groups is 1. The van der Waals surface area contributed by atoms with Crippen LogP contribution < -0.4 is 16.6 Å².